The van der Waals surface area contributed by atoms with Crippen LogP contribution in [0.25, 0.3) is 0 Å². The Hall–Kier alpha value is -0.730. The van der Waals surface area contributed by atoms with Crippen molar-refractivity contribution in [3.8, 4) is 0 Å². The van der Waals surface area contributed by atoms with Gasteiger partial charge >= 0.3 is 0 Å². The predicted octanol–water partition coefficient (Wildman–Crippen LogP) is 4.62. The maximum absolute atomic E-state index is 12.1. The first-order valence-corrected chi connectivity index (χ1v) is 6.82. The summed E-state index contributed by atoms with van der Waals surface area (Å²) in [6, 6.07) is 9.89. The quantitative estimate of drug-likeness (QED) is 0.777. The predicted molar refractivity (Wildman–Crippen MR) is 73.2 cm³/mol. The molecule has 17 heavy (non-hydrogen) atoms. The summed E-state index contributed by atoms with van der Waals surface area (Å²) in [6.45, 7) is 4.16. The van der Waals surface area contributed by atoms with Gasteiger partial charge in [0.25, 0.3) is 0 Å². The Kier molecular flexibility index (Phi) is 3.64. The Labute approximate surface area is 111 Å². The highest BCUT2D eigenvalue weighted by molar-refractivity contribution is 8.04. The molecule has 0 aliphatic heterocycles. The first-order valence-electron chi connectivity index (χ1n) is 5.63. The van der Waals surface area contributed by atoms with Crippen LogP contribution in [-0.4, -0.2) is 5.78 Å². The maximum atomic E-state index is 12.1. The van der Waals surface area contributed by atoms with Crippen LogP contribution < -0.4 is 0 Å². The van der Waals surface area contributed by atoms with Crippen LogP contribution in [0.2, 0.25) is 0 Å². The van der Waals surface area contributed by atoms with Gasteiger partial charge in [-0.2, -0.15) is 0 Å². The van der Waals surface area contributed by atoms with Gasteiger partial charge in [0.2, 0.25) is 0 Å². The van der Waals surface area contributed by atoms with Crippen LogP contribution in [-0.2, 0) is 4.79 Å². The van der Waals surface area contributed by atoms with E-state index in [0.717, 1.165) is 16.2 Å². The van der Waals surface area contributed by atoms with Gasteiger partial charge < -0.3 is 0 Å². The second kappa shape index (κ2) is 4.87. The van der Waals surface area contributed by atoms with Gasteiger partial charge in [-0.3, -0.25) is 4.79 Å². The summed E-state index contributed by atoms with van der Waals surface area (Å²) in [6.07, 6.45) is 1.37. The van der Waals surface area contributed by atoms with E-state index in [1.807, 2.05) is 30.3 Å². The third-order valence-electron chi connectivity index (χ3n) is 2.74. The Morgan fingerprint density at radius 1 is 1.18 bits per heavy atom. The van der Waals surface area contributed by atoms with E-state index in [2.05, 4.69) is 13.8 Å². The topological polar surface area (TPSA) is 17.1 Å². The fraction of sp³-hybridized carbons (Fsp3) is 0.357. The zero-order valence-corrected chi connectivity index (χ0v) is 11.6. The molecule has 1 aromatic rings. The molecule has 0 amide bonds. The SMILES string of the molecule is CC1(C)CC(=O)C(Sc2ccccc2)=C(Cl)C1. The summed E-state index contributed by atoms with van der Waals surface area (Å²) >= 11 is 7.73. The van der Waals surface area contributed by atoms with Gasteiger partial charge in [0.1, 0.15) is 0 Å². The largest absolute Gasteiger partial charge is 0.294 e. The maximum Gasteiger partial charge on any atom is 0.171 e. The molecule has 1 aromatic carbocycles. The van der Waals surface area contributed by atoms with E-state index >= 15 is 0 Å². The van der Waals surface area contributed by atoms with Crippen molar-refractivity contribution in [3.05, 3.63) is 40.3 Å². The van der Waals surface area contributed by atoms with Gasteiger partial charge in [-0.05, 0) is 24.0 Å². The van der Waals surface area contributed by atoms with Crippen molar-refractivity contribution < 1.29 is 4.79 Å². The van der Waals surface area contributed by atoms with Crippen molar-refractivity contribution in [1.29, 1.82) is 0 Å². The van der Waals surface area contributed by atoms with E-state index < -0.39 is 0 Å². The minimum absolute atomic E-state index is 0.00505. The Bertz CT molecular complexity index is 462. The molecule has 0 fully saturated rings. The van der Waals surface area contributed by atoms with Crippen LogP contribution in [0.3, 0.4) is 0 Å². The van der Waals surface area contributed by atoms with Crippen molar-refractivity contribution in [2.75, 3.05) is 0 Å². The molecule has 0 radical (unpaired) electrons. The van der Waals surface area contributed by atoms with E-state index in [1.54, 1.807) is 0 Å². The van der Waals surface area contributed by atoms with Crippen molar-refractivity contribution in [1.82, 2.24) is 0 Å². The van der Waals surface area contributed by atoms with Crippen LogP contribution in [0.15, 0.2) is 45.2 Å². The Morgan fingerprint density at radius 3 is 2.41 bits per heavy atom. The number of halogens is 1. The Morgan fingerprint density at radius 2 is 1.82 bits per heavy atom. The van der Waals surface area contributed by atoms with Crippen molar-refractivity contribution >= 4 is 29.1 Å². The number of allylic oxidation sites excluding steroid dienone is 2. The number of carbonyl (C=O) groups is 1. The van der Waals surface area contributed by atoms with E-state index in [9.17, 15) is 4.79 Å². The lowest BCUT2D eigenvalue weighted by Crippen LogP contribution is -2.23. The molecule has 1 nitrogen and oxygen atoms in total. The van der Waals surface area contributed by atoms with Gasteiger partial charge in [-0.1, -0.05) is 55.4 Å². The van der Waals surface area contributed by atoms with Gasteiger partial charge in [-0.25, -0.2) is 0 Å². The molecule has 0 atom stereocenters. The van der Waals surface area contributed by atoms with E-state index in [4.69, 9.17) is 11.6 Å². The number of Topliss-reactive ketones (excluding diaryl/α,β-unsaturated/α-hetero) is 1. The molecule has 0 N–H and O–H groups in total. The average molecular weight is 267 g/mol. The molecule has 0 aromatic heterocycles. The first-order chi connectivity index (χ1) is 7.98. The summed E-state index contributed by atoms with van der Waals surface area (Å²) in [7, 11) is 0. The molecule has 0 heterocycles. The van der Waals surface area contributed by atoms with E-state index in [1.165, 1.54) is 11.8 Å². The van der Waals surface area contributed by atoms with Crippen LogP contribution in [0.1, 0.15) is 26.7 Å². The molecule has 0 saturated heterocycles. The lowest BCUT2D eigenvalue weighted by Gasteiger charge is -2.29. The highest BCUT2D eigenvalue weighted by atomic mass is 35.5. The number of ketones is 1. The first kappa shape index (κ1) is 12.7. The molecular weight excluding hydrogens is 252 g/mol. The zero-order valence-electron chi connectivity index (χ0n) is 10.00. The molecule has 0 saturated carbocycles. The molecule has 90 valence electrons. The molecule has 3 heteroatoms. The van der Waals surface area contributed by atoms with Gasteiger partial charge in [0.15, 0.2) is 5.78 Å². The Balaban J connectivity index is 2.24. The van der Waals surface area contributed by atoms with Crippen molar-refractivity contribution in [3.63, 3.8) is 0 Å². The van der Waals surface area contributed by atoms with Crippen LogP contribution >= 0.6 is 23.4 Å². The fourth-order valence-corrected chi connectivity index (χ4v) is 3.43. The molecular formula is C14H15ClOS. The van der Waals surface area contributed by atoms with Gasteiger partial charge in [0.05, 0.1) is 4.91 Å². The molecule has 0 unspecified atom stereocenters. The standard InChI is InChI=1S/C14H15ClOS/c1-14(2)8-11(15)13(12(16)9-14)17-10-6-4-3-5-7-10/h3-7H,8-9H2,1-2H3. The molecule has 1 aliphatic rings. The summed E-state index contributed by atoms with van der Waals surface area (Å²) in [5, 5.41) is 0.708. The van der Waals surface area contributed by atoms with Crippen LogP contribution in [0.4, 0.5) is 0 Å². The number of hydrogen-bond donors (Lipinski definition) is 0. The van der Waals surface area contributed by atoms with E-state index in [-0.39, 0.29) is 11.2 Å². The monoisotopic (exact) mass is 266 g/mol. The number of thioether (sulfide) groups is 1. The third kappa shape index (κ3) is 3.14. The summed E-state index contributed by atoms with van der Waals surface area (Å²) in [5.41, 5.74) is -0.00505. The summed E-state index contributed by atoms with van der Waals surface area (Å²) in [5.74, 6) is 0.167. The molecule has 0 spiro atoms. The molecule has 0 bridgehead atoms. The second-order valence-electron chi connectivity index (χ2n) is 5.09. The lowest BCUT2D eigenvalue weighted by atomic mass is 9.80. The lowest BCUT2D eigenvalue weighted by molar-refractivity contribution is -0.117. The normalized spacial score (nSPS) is 19.6. The number of carbonyl (C=O) groups excluding carboxylic acids is 1. The second-order valence-corrected chi connectivity index (χ2v) is 6.63. The van der Waals surface area contributed by atoms with Crippen molar-refractivity contribution in [2.45, 2.75) is 31.6 Å². The highest BCUT2D eigenvalue weighted by Gasteiger charge is 2.32. The van der Waals surface area contributed by atoms with Crippen molar-refractivity contribution in [2.24, 2.45) is 5.41 Å². The van der Waals surface area contributed by atoms with Crippen LogP contribution in [0.5, 0.6) is 0 Å². The van der Waals surface area contributed by atoms with Crippen LogP contribution in [0, 0.1) is 5.41 Å². The third-order valence-corrected chi connectivity index (χ3v) is 4.36. The average Bonchev–Trinajstić information content (AvgIpc) is 2.24. The number of hydrogen-bond acceptors (Lipinski definition) is 2. The number of rotatable bonds is 2. The summed E-state index contributed by atoms with van der Waals surface area (Å²) in [4.78, 5) is 13.8. The minimum atomic E-state index is -0.00505. The molecule has 2 rings (SSSR count). The summed E-state index contributed by atoms with van der Waals surface area (Å²) < 4.78 is 0. The molecule has 1 aliphatic carbocycles. The minimum Gasteiger partial charge on any atom is -0.294 e. The van der Waals surface area contributed by atoms with E-state index in [0.29, 0.717) is 11.5 Å². The smallest absolute Gasteiger partial charge is 0.171 e. The highest BCUT2D eigenvalue weighted by Crippen LogP contribution is 2.43. The number of benzene rings is 1. The fourth-order valence-electron chi connectivity index (χ4n) is 1.95. The van der Waals surface area contributed by atoms with Gasteiger partial charge in [-0.15, -0.1) is 0 Å². The zero-order chi connectivity index (χ0) is 12.5. The van der Waals surface area contributed by atoms with Gasteiger partial charge in [0, 0.05) is 16.3 Å².